The van der Waals surface area contributed by atoms with Crippen molar-refractivity contribution in [3.05, 3.63) is 88.0 Å². The number of benzene rings is 3. The Hall–Kier alpha value is -4.06. The highest BCUT2D eigenvalue weighted by molar-refractivity contribution is 5.84. The van der Waals surface area contributed by atoms with E-state index in [1.54, 1.807) is 18.8 Å². The first-order valence-corrected chi connectivity index (χ1v) is 13.6. The van der Waals surface area contributed by atoms with E-state index in [1.807, 2.05) is 54.6 Å². The summed E-state index contributed by atoms with van der Waals surface area (Å²) in [4.78, 5) is 21.5. The molecule has 0 unspecified atom stereocenters. The molecule has 202 valence electrons. The topological polar surface area (TPSA) is 56.6 Å². The first-order valence-electron chi connectivity index (χ1n) is 13.6. The molecule has 0 atom stereocenters. The van der Waals surface area contributed by atoms with E-state index < -0.39 is 0 Å². The molecule has 0 aliphatic carbocycles. The minimum absolute atomic E-state index is 0.0571. The van der Waals surface area contributed by atoms with Gasteiger partial charge in [-0.25, -0.2) is 4.98 Å². The maximum Gasteiger partial charge on any atom is 0.266 e. The molecule has 5 rings (SSSR count). The van der Waals surface area contributed by atoms with E-state index in [4.69, 9.17) is 14.5 Å². The number of methoxy groups -OCH3 is 2. The van der Waals surface area contributed by atoms with Gasteiger partial charge in [-0.3, -0.25) is 9.36 Å². The Bertz CT molecular complexity index is 1550. The number of hydrogen-bond acceptors (Lipinski definition) is 5. The van der Waals surface area contributed by atoms with E-state index in [1.165, 1.54) is 19.3 Å². The minimum atomic E-state index is -0.0761. The molecule has 0 spiro atoms. The lowest BCUT2D eigenvalue weighted by molar-refractivity contribution is 0.394. The maximum atomic E-state index is 14.2. The molecule has 1 aliphatic rings. The predicted octanol–water partition coefficient (Wildman–Crippen LogP) is 6.86. The molecule has 4 aromatic rings. The highest BCUT2D eigenvalue weighted by atomic mass is 16.5. The fourth-order valence-corrected chi connectivity index (χ4v) is 5.11. The zero-order valence-electron chi connectivity index (χ0n) is 23.5. The standard InChI is InChI=1S/C33H37N3O3/c1-33(2,3)24-10-9-11-26(20-24)36-31(15-12-23-18-27(38-4)22-28(19-23)39-5)34-30-14-13-25(21-29(30)32(36)37)35-16-7-6-8-17-35/h9-15,18-22H,6-8,16-17H2,1-5H3/b15-12+. The third kappa shape index (κ3) is 5.70. The smallest absolute Gasteiger partial charge is 0.266 e. The van der Waals surface area contributed by atoms with Crippen LogP contribution < -0.4 is 19.9 Å². The van der Waals surface area contributed by atoms with Gasteiger partial charge in [-0.1, -0.05) is 39.0 Å². The van der Waals surface area contributed by atoms with Crippen molar-refractivity contribution in [1.82, 2.24) is 9.55 Å². The Morgan fingerprint density at radius 1 is 0.821 bits per heavy atom. The van der Waals surface area contributed by atoms with Crippen LogP contribution in [0.15, 0.2) is 65.5 Å². The first-order chi connectivity index (χ1) is 18.8. The van der Waals surface area contributed by atoms with Crippen LogP contribution >= 0.6 is 0 Å². The summed E-state index contributed by atoms with van der Waals surface area (Å²) in [6.45, 7) is 8.57. The van der Waals surface area contributed by atoms with E-state index in [0.717, 1.165) is 35.6 Å². The second-order valence-corrected chi connectivity index (χ2v) is 11.1. The van der Waals surface area contributed by atoms with Gasteiger partial charge in [0, 0.05) is 24.8 Å². The minimum Gasteiger partial charge on any atom is -0.497 e. The summed E-state index contributed by atoms with van der Waals surface area (Å²) >= 11 is 0. The van der Waals surface area contributed by atoms with Crippen LogP contribution in [0.2, 0.25) is 0 Å². The van der Waals surface area contributed by atoms with Crippen molar-refractivity contribution in [1.29, 1.82) is 0 Å². The molecular formula is C33H37N3O3. The highest BCUT2D eigenvalue weighted by Gasteiger charge is 2.18. The van der Waals surface area contributed by atoms with E-state index in [-0.39, 0.29) is 11.0 Å². The molecule has 1 aromatic heterocycles. The zero-order valence-corrected chi connectivity index (χ0v) is 23.5. The average molecular weight is 524 g/mol. The van der Waals surface area contributed by atoms with Crippen LogP contribution in [0, 0.1) is 0 Å². The van der Waals surface area contributed by atoms with E-state index in [0.29, 0.717) is 28.2 Å². The summed E-state index contributed by atoms with van der Waals surface area (Å²) in [6, 6.07) is 19.9. The fourth-order valence-electron chi connectivity index (χ4n) is 5.11. The quantitative estimate of drug-likeness (QED) is 0.276. The number of anilines is 1. The zero-order chi connectivity index (χ0) is 27.6. The predicted molar refractivity (Wildman–Crippen MR) is 161 cm³/mol. The van der Waals surface area contributed by atoms with Crippen molar-refractivity contribution in [3.8, 4) is 17.2 Å². The van der Waals surface area contributed by atoms with Crippen LogP contribution in [0.4, 0.5) is 5.69 Å². The van der Waals surface area contributed by atoms with Gasteiger partial charge in [-0.05, 0) is 84.3 Å². The van der Waals surface area contributed by atoms with Crippen LogP contribution in [-0.4, -0.2) is 36.9 Å². The van der Waals surface area contributed by atoms with Crippen molar-refractivity contribution in [2.45, 2.75) is 45.4 Å². The number of rotatable bonds is 6. The number of nitrogens with zero attached hydrogens (tertiary/aromatic N) is 3. The fraction of sp³-hybridized carbons (Fsp3) is 0.333. The second-order valence-electron chi connectivity index (χ2n) is 11.1. The number of piperidine rings is 1. The molecule has 6 nitrogen and oxygen atoms in total. The van der Waals surface area contributed by atoms with Crippen molar-refractivity contribution < 1.29 is 9.47 Å². The van der Waals surface area contributed by atoms with E-state index in [9.17, 15) is 4.79 Å². The van der Waals surface area contributed by atoms with Gasteiger partial charge < -0.3 is 14.4 Å². The molecule has 0 radical (unpaired) electrons. The molecule has 0 bridgehead atoms. The monoisotopic (exact) mass is 523 g/mol. The highest BCUT2D eigenvalue weighted by Crippen LogP contribution is 2.28. The Morgan fingerprint density at radius 2 is 1.54 bits per heavy atom. The SMILES string of the molecule is COc1cc(/C=C/c2nc3ccc(N4CCCCC4)cc3c(=O)n2-c2cccc(C(C)(C)C)c2)cc(OC)c1. The number of hydrogen-bond donors (Lipinski definition) is 0. The van der Waals surface area contributed by atoms with Gasteiger partial charge in [0.25, 0.3) is 5.56 Å². The van der Waals surface area contributed by atoms with Gasteiger partial charge >= 0.3 is 0 Å². The summed E-state index contributed by atoms with van der Waals surface area (Å²) in [6.07, 6.45) is 7.44. The largest absolute Gasteiger partial charge is 0.497 e. The summed E-state index contributed by atoms with van der Waals surface area (Å²) in [5, 5.41) is 0.624. The van der Waals surface area contributed by atoms with Gasteiger partial charge in [-0.15, -0.1) is 0 Å². The molecule has 1 saturated heterocycles. The molecule has 0 amide bonds. The summed E-state index contributed by atoms with van der Waals surface area (Å²) in [5.74, 6) is 1.95. The molecule has 1 aliphatic heterocycles. The van der Waals surface area contributed by atoms with Crippen LogP contribution in [0.25, 0.3) is 28.7 Å². The lowest BCUT2D eigenvalue weighted by Crippen LogP contribution is -2.29. The summed E-state index contributed by atoms with van der Waals surface area (Å²) < 4.78 is 12.6. The molecule has 1 fully saturated rings. The summed E-state index contributed by atoms with van der Waals surface area (Å²) in [5.41, 5.74) is 4.48. The molecule has 2 heterocycles. The number of ether oxygens (including phenoxy) is 2. The van der Waals surface area contributed by atoms with Crippen molar-refractivity contribution in [2.24, 2.45) is 0 Å². The lowest BCUT2D eigenvalue weighted by atomic mass is 9.87. The second kappa shape index (κ2) is 11.0. The van der Waals surface area contributed by atoms with Gasteiger partial charge in [0.2, 0.25) is 0 Å². The van der Waals surface area contributed by atoms with Gasteiger partial charge in [0.15, 0.2) is 0 Å². The van der Waals surface area contributed by atoms with Crippen LogP contribution in [0.3, 0.4) is 0 Å². The van der Waals surface area contributed by atoms with Crippen LogP contribution in [0.5, 0.6) is 11.5 Å². The van der Waals surface area contributed by atoms with Crippen molar-refractivity contribution >= 4 is 28.7 Å². The Labute approximate surface area is 230 Å². The van der Waals surface area contributed by atoms with Gasteiger partial charge in [-0.2, -0.15) is 0 Å². The molecule has 6 heteroatoms. The van der Waals surface area contributed by atoms with Gasteiger partial charge in [0.1, 0.15) is 17.3 Å². The van der Waals surface area contributed by atoms with Crippen molar-refractivity contribution in [3.63, 3.8) is 0 Å². The van der Waals surface area contributed by atoms with Crippen LogP contribution in [0.1, 0.15) is 57.0 Å². The molecule has 0 N–H and O–H groups in total. The molecular weight excluding hydrogens is 486 g/mol. The third-order valence-corrected chi connectivity index (χ3v) is 7.37. The molecule has 3 aromatic carbocycles. The third-order valence-electron chi connectivity index (χ3n) is 7.37. The Balaban J connectivity index is 1.69. The Kier molecular flexibility index (Phi) is 7.47. The average Bonchev–Trinajstić information content (AvgIpc) is 2.95. The van der Waals surface area contributed by atoms with E-state index >= 15 is 0 Å². The Morgan fingerprint density at radius 3 is 2.21 bits per heavy atom. The molecule has 0 saturated carbocycles. The van der Waals surface area contributed by atoms with Crippen molar-refractivity contribution in [2.75, 3.05) is 32.2 Å². The maximum absolute atomic E-state index is 14.2. The molecule has 39 heavy (non-hydrogen) atoms. The first kappa shape index (κ1) is 26.5. The number of aromatic nitrogens is 2. The normalized spacial score (nSPS) is 14.2. The summed E-state index contributed by atoms with van der Waals surface area (Å²) in [7, 11) is 3.26. The van der Waals surface area contributed by atoms with Crippen LogP contribution in [-0.2, 0) is 5.41 Å². The lowest BCUT2D eigenvalue weighted by Gasteiger charge is -2.29. The van der Waals surface area contributed by atoms with E-state index in [2.05, 4.69) is 43.9 Å². The number of fused-ring (bicyclic) bond motifs is 1. The van der Waals surface area contributed by atoms with Gasteiger partial charge in [0.05, 0.1) is 30.8 Å².